The Balaban J connectivity index is 1.45. The third kappa shape index (κ3) is 6.59. The minimum atomic E-state index is -4.63. The molecule has 0 aliphatic rings. The summed E-state index contributed by atoms with van der Waals surface area (Å²) in [5.41, 5.74) is 1.50. The van der Waals surface area contributed by atoms with E-state index in [9.17, 15) is 23.4 Å². The van der Waals surface area contributed by atoms with Crippen LogP contribution in [0.2, 0.25) is 0 Å². The van der Waals surface area contributed by atoms with Crippen LogP contribution in [0, 0.1) is 0 Å². The lowest BCUT2D eigenvalue weighted by Gasteiger charge is -2.30. The number of nitrogens with one attached hydrogen (secondary N) is 2. The van der Waals surface area contributed by atoms with Crippen molar-refractivity contribution in [1.82, 2.24) is 10.6 Å². The summed E-state index contributed by atoms with van der Waals surface area (Å²) >= 11 is 18.5. The minimum Gasteiger partial charge on any atom is -0.464 e. The highest BCUT2D eigenvalue weighted by Crippen LogP contribution is 2.38. The number of aliphatic hydroxyl groups is 2. The standard InChI is InChI=1S/C26H26Cl3F3N2O4/c1-2-33-24(26(30,31)32)22(36)17-6-4-15-11-18(38-20(15)13-17)7-9-34-23(25(27,28)29)21(35)16-5-3-14-8-10-37-19(14)12-16/h3-6,8,10-13,21-24,33-36H,2,7,9H2,1H3. The van der Waals surface area contributed by atoms with Crippen LogP contribution in [-0.4, -0.2) is 45.4 Å². The number of hydrogen-bond donors (Lipinski definition) is 4. The maximum absolute atomic E-state index is 13.4. The predicted molar refractivity (Wildman–Crippen MR) is 142 cm³/mol. The van der Waals surface area contributed by atoms with E-state index in [4.69, 9.17) is 43.6 Å². The summed E-state index contributed by atoms with van der Waals surface area (Å²) in [6.07, 6.45) is -5.73. The van der Waals surface area contributed by atoms with E-state index in [1.165, 1.54) is 19.1 Å². The SMILES string of the molecule is CCNC(C(O)c1ccc2cc(CCNC(C(O)c3ccc4ccoc4c3)C(Cl)(Cl)Cl)oc2c1)C(F)(F)F. The van der Waals surface area contributed by atoms with Crippen molar-refractivity contribution in [1.29, 1.82) is 0 Å². The van der Waals surface area contributed by atoms with Crippen molar-refractivity contribution in [3.05, 3.63) is 71.7 Å². The molecule has 4 rings (SSSR count). The van der Waals surface area contributed by atoms with E-state index in [2.05, 4.69) is 10.6 Å². The minimum absolute atomic E-state index is 0.0444. The molecule has 2 aromatic carbocycles. The molecule has 0 aliphatic heterocycles. The van der Waals surface area contributed by atoms with Crippen LogP contribution in [0.1, 0.15) is 36.0 Å². The van der Waals surface area contributed by atoms with Gasteiger partial charge in [-0.25, -0.2) is 0 Å². The molecule has 4 atom stereocenters. The lowest BCUT2D eigenvalue weighted by molar-refractivity contribution is -0.178. The molecule has 206 valence electrons. The van der Waals surface area contributed by atoms with Gasteiger partial charge in [0, 0.05) is 23.7 Å². The second kappa shape index (κ2) is 11.6. The highest BCUT2D eigenvalue weighted by atomic mass is 35.6. The van der Waals surface area contributed by atoms with Gasteiger partial charge >= 0.3 is 6.18 Å². The highest BCUT2D eigenvalue weighted by Gasteiger charge is 2.44. The van der Waals surface area contributed by atoms with E-state index in [-0.39, 0.29) is 18.7 Å². The fraction of sp³-hybridized carbons (Fsp3) is 0.385. The lowest BCUT2D eigenvalue weighted by atomic mass is 10.0. The number of benzene rings is 2. The molecular weight excluding hydrogens is 568 g/mol. The van der Waals surface area contributed by atoms with Crippen molar-refractivity contribution in [3.8, 4) is 0 Å². The van der Waals surface area contributed by atoms with E-state index in [1.54, 1.807) is 42.7 Å². The Morgan fingerprint density at radius 1 is 0.842 bits per heavy atom. The largest absolute Gasteiger partial charge is 0.464 e. The molecule has 2 aromatic heterocycles. The fourth-order valence-electron chi connectivity index (χ4n) is 4.33. The average molecular weight is 594 g/mol. The van der Waals surface area contributed by atoms with E-state index in [1.807, 2.05) is 0 Å². The zero-order valence-electron chi connectivity index (χ0n) is 20.1. The molecule has 12 heteroatoms. The summed E-state index contributed by atoms with van der Waals surface area (Å²) < 4.78 is 49.4. The van der Waals surface area contributed by atoms with Crippen molar-refractivity contribution in [2.45, 2.75) is 47.6 Å². The normalized spacial score (nSPS) is 16.1. The topological polar surface area (TPSA) is 90.8 Å². The van der Waals surface area contributed by atoms with Crippen LogP contribution in [0.25, 0.3) is 21.9 Å². The van der Waals surface area contributed by atoms with Gasteiger partial charge in [0.2, 0.25) is 3.79 Å². The van der Waals surface area contributed by atoms with E-state index >= 15 is 0 Å². The molecule has 38 heavy (non-hydrogen) atoms. The molecule has 0 aliphatic carbocycles. The van der Waals surface area contributed by atoms with Crippen molar-refractivity contribution in [2.24, 2.45) is 0 Å². The van der Waals surface area contributed by atoms with Gasteiger partial charge in [-0.2, -0.15) is 13.2 Å². The van der Waals surface area contributed by atoms with Gasteiger partial charge in [0.05, 0.1) is 18.4 Å². The van der Waals surface area contributed by atoms with E-state index in [0.717, 1.165) is 5.39 Å². The van der Waals surface area contributed by atoms with Crippen molar-refractivity contribution in [3.63, 3.8) is 0 Å². The molecule has 0 amide bonds. The van der Waals surface area contributed by atoms with Gasteiger partial charge in [-0.3, -0.25) is 0 Å². The van der Waals surface area contributed by atoms with Crippen LogP contribution < -0.4 is 10.6 Å². The summed E-state index contributed by atoms with van der Waals surface area (Å²) in [6.45, 7) is 1.83. The third-order valence-corrected chi connectivity index (χ3v) is 6.96. The summed E-state index contributed by atoms with van der Waals surface area (Å²) in [7, 11) is 0. The molecular formula is C26H26Cl3F3N2O4. The fourth-order valence-corrected chi connectivity index (χ4v) is 4.92. The summed E-state index contributed by atoms with van der Waals surface area (Å²) in [4.78, 5) is 0. The Morgan fingerprint density at radius 2 is 1.47 bits per heavy atom. The Morgan fingerprint density at radius 3 is 2.11 bits per heavy atom. The first-order valence-corrected chi connectivity index (χ1v) is 13.0. The Hall–Kier alpha value is -1.98. The number of furan rings is 2. The van der Waals surface area contributed by atoms with Crippen LogP contribution in [0.3, 0.4) is 0 Å². The molecule has 0 bridgehead atoms. The van der Waals surface area contributed by atoms with Gasteiger partial charge < -0.3 is 29.7 Å². The van der Waals surface area contributed by atoms with Gasteiger partial charge in [-0.15, -0.1) is 0 Å². The van der Waals surface area contributed by atoms with Gasteiger partial charge in [0.15, 0.2) is 0 Å². The number of aliphatic hydroxyl groups excluding tert-OH is 2. The number of likely N-dealkylation sites (N-methyl/N-ethyl adjacent to an activating group) is 1. The Labute approximate surface area is 231 Å². The number of halogens is 6. The molecule has 4 unspecified atom stereocenters. The highest BCUT2D eigenvalue weighted by molar-refractivity contribution is 6.68. The molecule has 2 heterocycles. The molecule has 0 saturated carbocycles. The van der Waals surface area contributed by atoms with Crippen LogP contribution in [0.4, 0.5) is 13.2 Å². The van der Waals surface area contributed by atoms with Crippen LogP contribution in [0.15, 0.2) is 63.6 Å². The number of rotatable bonds is 10. The predicted octanol–water partition coefficient (Wildman–Crippen LogP) is 6.36. The first-order valence-electron chi connectivity index (χ1n) is 11.8. The quantitative estimate of drug-likeness (QED) is 0.160. The monoisotopic (exact) mass is 592 g/mol. The van der Waals surface area contributed by atoms with Crippen LogP contribution in [0.5, 0.6) is 0 Å². The molecule has 0 radical (unpaired) electrons. The molecule has 6 nitrogen and oxygen atoms in total. The molecule has 4 N–H and O–H groups in total. The zero-order chi connectivity index (χ0) is 27.7. The lowest BCUT2D eigenvalue weighted by Crippen LogP contribution is -2.46. The summed E-state index contributed by atoms with van der Waals surface area (Å²) in [5, 5.41) is 28.2. The third-order valence-electron chi connectivity index (χ3n) is 6.25. The molecule has 0 spiro atoms. The second-order valence-electron chi connectivity index (χ2n) is 8.92. The summed E-state index contributed by atoms with van der Waals surface area (Å²) in [6, 6.07) is 10.1. The van der Waals surface area contributed by atoms with Gasteiger partial charge in [-0.1, -0.05) is 66.0 Å². The average Bonchev–Trinajstić information content (AvgIpc) is 3.48. The van der Waals surface area contributed by atoms with Crippen molar-refractivity contribution < 1.29 is 32.2 Å². The summed E-state index contributed by atoms with van der Waals surface area (Å²) in [5.74, 6) is 0.521. The van der Waals surface area contributed by atoms with Crippen LogP contribution in [-0.2, 0) is 6.42 Å². The molecule has 0 saturated heterocycles. The number of hydrogen-bond acceptors (Lipinski definition) is 6. The smallest absolute Gasteiger partial charge is 0.406 e. The Kier molecular flexibility index (Phi) is 8.88. The molecule has 0 fully saturated rings. The van der Waals surface area contributed by atoms with E-state index < -0.39 is 34.3 Å². The zero-order valence-corrected chi connectivity index (χ0v) is 22.4. The van der Waals surface area contributed by atoms with Crippen molar-refractivity contribution in [2.75, 3.05) is 13.1 Å². The number of fused-ring (bicyclic) bond motifs is 2. The maximum Gasteiger partial charge on any atom is 0.406 e. The Bertz CT molecular complexity index is 1370. The van der Waals surface area contributed by atoms with Gasteiger partial charge in [0.25, 0.3) is 0 Å². The number of alkyl halides is 6. The van der Waals surface area contributed by atoms with Crippen LogP contribution >= 0.6 is 34.8 Å². The van der Waals surface area contributed by atoms with Gasteiger partial charge in [-0.05, 0) is 41.9 Å². The van der Waals surface area contributed by atoms with Gasteiger partial charge in [0.1, 0.15) is 29.1 Å². The first-order chi connectivity index (χ1) is 17.9. The maximum atomic E-state index is 13.4. The van der Waals surface area contributed by atoms with Crippen molar-refractivity contribution >= 4 is 56.7 Å². The van der Waals surface area contributed by atoms with E-state index in [0.29, 0.717) is 34.3 Å². The second-order valence-corrected chi connectivity index (χ2v) is 11.3. The first kappa shape index (κ1) is 29.0. The molecule has 4 aromatic rings.